The number of nitrogens with one attached hydrogen (secondary N) is 2. The summed E-state index contributed by atoms with van der Waals surface area (Å²) in [6.07, 6.45) is -3.35. The average molecular weight is 601 g/mol. The van der Waals surface area contributed by atoms with Gasteiger partial charge in [0.25, 0.3) is 15.9 Å². The van der Waals surface area contributed by atoms with E-state index in [-0.39, 0.29) is 21.5 Å². The molecule has 1 amide bonds. The molecule has 220 valence electrons. The first kappa shape index (κ1) is 29.0. The van der Waals surface area contributed by atoms with E-state index in [1.165, 1.54) is 24.4 Å². The maximum Gasteiger partial charge on any atom is 0.416 e. The number of rotatable bonds is 7. The van der Waals surface area contributed by atoms with Crippen LogP contribution < -0.4 is 19.8 Å². The number of nitrogens with zero attached hydrogens (tertiary/aromatic N) is 2. The second-order valence-electron chi connectivity index (χ2n) is 9.60. The molecule has 1 saturated heterocycles. The maximum absolute atomic E-state index is 13.4. The summed E-state index contributed by atoms with van der Waals surface area (Å²) >= 11 is 0. The standard InChI is InChI=1S/C29H27F3N4O5S/c1-2-41-26-9-4-3-8-25(26)35-12-14-36(15-13-35)28(38)23-18-33-24-11-10-21(17-22(24)27(23)37)42(39,40)34-20-7-5-6-19(16-20)29(30,31)32/h3-11,16-18,34H,2,12-15H2,1H3,(H,33,37). The number of benzene rings is 3. The summed E-state index contributed by atoms with van der Waals surface area (Å²) < 4.78 is 73.0. The van der Waals surface area contributed by atoms with Gasteiger partial charge in [-0.25, -0.2) is 8.42 Å². The lowest BCUT2D eigenvalue weighted by atomic mass is 10.1. The zero-order valence-electron chi connectivity index (χ0n) is 22.4. The summed E-state index contributed by atoms with van der Waals surface area (Å²) in [6, 6.07) is 15.1. The van der Waals surface area contributed by atoms with E-state index in [1.54, 1.807) is 4.90 Å². The predicted molar refractivity (Wildman–Crippen MR) is 153 cm³/mol. The highest BCUT2D eigenvalue weighted by molar-refractivity contribution is 7.92. The Hall–Kier alpha value is -4.52. The zero-order valence-corrected chi connectivity index (χ0v) is 23.3. The number of alkyl halides is 3. The van der Waals surface area contributed by atoms with E-state index >= 15 is 0 Å². The third-order valence-corrected chi connectivity index (χ3v) is 8.29. The van der Waals surface area contributed by atoms with Crippen LogP contribution in [0.3, 0.4) is 0 Å². The quantitative estimate of drug-likeness (QED) is 0.318. The van der Waals surface area contributed by atoms with E-state index in [9.17, 15) is 31.2 Å². The molecule has 13 heteroatoms. The number of fused-ring (bicyclic) bond motifs is 1. The molecular formula is C29H27F3N4O5S. The first-order valence-corrected chi connectivity index (χ1v) is 14.6. The Balaban J connectivity index is 1.36. The number of carbonyl (C=O) groups is 1. The molecule has 42 heavy (non-hydrogen) atoms. The molecule has 1 aliphatic heterocycles. The van der Waals surface area contributed by atoms with Crippen LogP contribution in [0.5, 0.6) is 5.75 Å². The number of pyridine rings is 1. The van der Waals surface area contributed by atoms with E-state index in [2.05, 4.69) is 14.6 Å². The van der Waals surface area contributed by atoms with Gasteiger partial charge in [0.1, 0.15) is 11.3 Å². The Labute approximate surface area is 239 Å². The van der Waals surface area contributed by atoms with Gasteiger partial charge in [0, 0.05) is 49.0 Å². The number of aromatic nitrogens is 1. The summed E-state index contributed by atoms with van der Waals surface area (Å²) in [7, 11) is -4.36. The largest absolute Gasteiger partial charge is 0.492 e. The number of sulfonamides is 1. The molecule has 0 unspecified atom stereocenters. The lowest BCUT2D eigenvalue weighted by Gasteiger charge is -2.36. The van der Waals surface area contributed by atoms with Gasteiger partial charge in [0.2, 0.25) is 5.43 Å². The molecule has 0 spiro atoms. The van der Waals surface area contributed by atoms with Gasteiger partial charge in [0.15, 0.2) is 0 Å². The molecule has 0 radical (unpaired) electrons. The van der Waals surface area contributed by atoms with Crippen LogP contribution in [0.1, 0.15) is 22.8 Å². The first-order chi connectivity index (χ1) is 20.0. The fourth-order valence-corrected chi connectivity index (χ4v) is 5.89. The van der Waals surface area contributed by atoms with Gasteiger partial charge < -0.3 is 19.5 Å². The van der Waals surface area contributed by atoms with Crippen LogP contribution >= 0.6 is 0 Å². The third-order valence-electron chi connectivity index (χ3n) is 6.91. The Morgan fingerprint density at radius 2 is 1.74 bits per heavy atom. The predicted octanol–water partition coefficient (Wildman–Crippen LogP) is 4.71. The van der Waals surface area contributed by atoms with Crippen LogP contribution in [-0.2, 0) is 16.2 Å². The number of para-hydroxylation sites is 2. The Kier molecular flexibility index (Phi) is 7.87. The number of amides is 1. The summed E-state index contributed by atoms with van der Waals surface area (Å²) in [5.74, 6) is 0.255. The van der Waals surface area contributed by atoms with Gasteiger partial charge in [0.05, 0.1) is 22.8 Å². The van der Waals surface area contributed by atoms with Gasteiger partial charge in [-0.3, -0.25) is 14.3 Å². The summed E-state index contributed by atoms with van der Waals surface area (Å²) in [4.78, 5) is 32.9. The van der Waals surface area contributed by atoms with Crippen molar-refractivity contribution in [3.05, 3.63) is 94.3 Å². The van der Waals surface area contributed by atoms with Crippen molar-refractivity contribution >= 4 is 38.2 Å². The molecule has 3 aromatic carbocycles. The topological polar surface area (TPSA) is 112 Å². The Morgan fingerprint density at radius 3 is 2.45 bits per heavy atom. The smallest absolute Gasteiger partial charge is 0.416 e. The number of hydrogen-bond donors (Lipinski definition) is 2. The van der Waals surface area contributed by atoms with E-state index in [0.717, 1.165) is 29.6 Å². The molecule has 1 aliphatic rings. The summed E-state index contributed by atoms with van der Waals surface area (Å²) in [6.45, 7) is 4.16. The molecule has 0 aliphatic carbocycles. The van der Waals surface area contributed by atoms with Crippen molar-refractivity contribution in [3.8, 4) is 5.75 Å². The van der Waals surface area contributed by atoms with Crippen molar-refractivity contribution in [2.75, 3.05) is 42.4 Å². The van der Waals surface area contributed by atoms with Crippen LogP contribution in [0, 0.1) is 0 Å². The minimum absolute atomic E-state index is 0.0444. The molecule has 0 atom stereocenters. The van der Waals surface area contributed by atoms with E-state index in [1.807, 2.05) is 31.2 Å². The lowest BCUT2D eigenvalue weighted by molar-refractivity contribution is -0.137. The first-order valence-electron chi connectivity index (χ1n) is 13.1. The number of H-pyrrole nitrogens is 1. The van der Waals surface area contributed by atoms with Crippen LogP contribution in [0.4, 0.5) is 24.5 Å². The molecule has 2 N–H and O–H groups in total. The van der Waals surface area contributed by atoms with E-state index < -0.39 is 33.1 Å². The number of carbonyl (C=O) groups excluding carboxylic acids is 1. The van der Waals surface area contributed by atoms with E-state index in [4.69, 9.17) is 4.74 Å². The SMILES string of the molecule is CCOc1ccccc1N1CCN(C(=O)c2c[nH]c3ccc(S(=O)(=O)Nc4cccc(C(F)(F)F)c4)cc3c2=O)CC1. The highest BCUT2D eigenvalue weighted by Crippen LogP contribution is 2.32. The fraction of sp³-hybridized carbons (Fsp3) is 0.241. The number of anilines is 2. The maximum atomic E-state index is 13.4. The van der Waals surface area contributed by atoms with Crippen LogP contribution in [0.25, 0.3) is 10.9 Å². The third kappa shape index (κ3) is 5.91. The van der Waals surface area contributed by atoms with Crippen LogP contribution in [-0.4, -0.2) is 57.0 Å². The highest BCUT2D eigenvalue weighted by Gasteiger charge is 2.31. The van der Waals surface area contributed by atoms with Crippen molar-refractivity contribution in [3.63, 3.8) is 0 Å². The van der Waals surface area contributed by atoms with Crippen molar-refractivity contribution in [1.82, 2.24) is 9.88 Å². The van der Waals surface area contributed by atoms with Gasteiger partial charge in [-0.05, 0) is 55.5 Å². The zero-order chi connectivity index (χ0) is 30.1. The molecule has 5 rings (SSSR count). The molecule has 0 saturated carbocycles. The monoisotopic (exact) mass is 600 g/mol. The lowest BCUT2D eigenvalue weighted by Crippen LogP contribution is -2.49. The normalized spacial score (nSPS) is 14.2. The number of piperazine rings is 1. The van der Waals surface area contributed by atoms with Gasteiger partial charge in [-0.2, -0.15) is 13.2 Å². The average Bonchev–Trinajstić information content (AvgIpc) is 2.97. The minimum Gasteiger partial charge on any atom is -0.492 e. The van der Waals surface area contributed by atoms with Gasteiger partial charge >= 0.3 is 6.18 Å². The van der Waals surface area contributed by atoms with Gasteiger partial charge in [-0.15, -0.1) is 0 Å². The Morgan fingerprint density at radius 1 is 1.00 bits per heavy atom. The van der Waals surface area contributed by atoms with E-state index in [0.29, 0.717) is 44.4 Å². The molecule has 9 nitrogen and oxygen atoms in total. The molecular weight excluding hydrogens is 573 g/mol. The summed E-state index contributed by atoms with van der Waals surface area (Å²) in [5, 5.41) is -0.0444. The number of hydrogen-bond acceptors (Lipinski definition) is 6. The molecule has 1 fully saturated rings. The number of aromatic amines is 1. The summed E-state index contributed by atoms with van der Waals surface area (Å²) in [5.41, 5.74) is -0.889. The molecule has 1 aromatic heterocycles. The number of ether oxygens (including phenoxy) is 1. The second-order valence-corrected chi connectivity index (χ2v) is 11.3. The minimum atomic E-state index is -4.65. The molecule has 0 bridgehead atoms. The van der Waals surface area contributed by atoms with Crippen LogP contribution in [0.15, 0.2) is 82.6 Å². The number of halogens is 3. The Bertz CT molecular complexity index is 1800. The molecule has 4 aromatic rings. The van der Waals surface area contributed by atoms with Crippen molar-refractivity contribution in [1.29, 1.82) is 0 Å². The highest BCUT2D eigenvalue weighted by atomic mass is 32.2. The van der Waals surface area contributed by atoms with Crippen LogP contribution in [0.2, 0.25) is 0 Å². The molecule has 2 heterocycles. The van der Waals surface area contributed by atoms with Crippen molar-refractivity contribution in [2.24, 2.45) is 0 Å². The van der Waals surface area contributed by atoms with Crippen molar-refractivity contribution < 1.29 is 31.1 Å². The van der Waals surface area contributed by atoms with Gasteiger partial charge in [-0.1, -0.05) is 18.2 Å². The second kappa shape index (κ2) is 11.4. The fourth-order valence-electron chi connectivity index (χ4n) is 4.81. The van der Waals surface area contributed by atoms with Crippen molar-refractivity contribution in [2.45, 2.75) is 18.0 Å².